The highest BCUT2D eigenvalue weighted by Crippen LogP contribution is 2.12. The van der Waals surface area contributed by atoms with Gasteiger partial charge in [0.15, 0.2) is 5.13 Å². The predicted molar refractivity (Wildman–Crippen MR) is 71.0 cm³/mol. The highest BCUT2D eigenvalue weighted by molar-refractivity contribution is 7.13. The van der Waals surface area contributed by atoms with Crippen LogP contribution in [0, 0.1) is 0 Å². The molecule has 0 saturated carbocycles. The first-order valence-electron chi connectivity index (χ1n) is 5.55. The van der Waals surface area contributed by atoms with Crippen LogP contribution in [0.5, 0.6) is 0 Å². The second-order valence-electron chi connectivity index (χ2n) is 3.90. The van der Waals surface area contributed by atoms with Crippen molar-refractivity contribution in [2.45, 2.75) is 19.4 Å². The minimum atomic E-state index is -0.116. The summed E-state index contributed by atoms with van der Waals surface area (Å²) in [7, 11) is 0. The van der Waals surface area contributed by atoms with Crippen LogP contribution < -0.4 is 11.1 Å². The van der Waals surface area contributed by atoms with Crippen molar-refractivity contribution >= 4 is 22.4 Å². The molecule has 1 amide bonds. The zero-order valence-electron chi connectivity index (χ0n) is 9.96. The summed E-state index contributed by atoms with van der Waals surface area (Å²) in [6, 6.07) is 5.50. The summed E-state index contributed by atoms with van der Waals surface area (Å²) in [6.45, 7) is 1.90. The van der Waals surface area contributed by atoms with Crippen LogP contribution in [0.15, 0.2) is 29.8 Å². The van der Waals surface area contributed by atoms with Gasteiger partial charge in [-0.2, -0.15) is 0 Å². The maximum absolute atomic E-state index is 11.8. The number of nitrogens with zero attached hydrogens (tertiary/aromatic N) is 2. The molecule has 0 fully saturated rings. The topological polar surface area (TPSA) is 80.9 Å². The molecule has 0 aliphatic heterocycles. The molecule has 18 heavy (non-hydrogen) atoms. The van der Waals surface area contributed by atoms with E-state index in [2.05, 4.69) is 15.3 Å². The van der Waals surface area contributed by atoms with Crippen molar-refractivity contribution in [3.05, 3.63) is 41.2 Å². The number of nitrogens with two attached hydrogens (primary N) is 1. The van der Waals surface area contributed by atoms with Gasteiger partial charge in [0.1, 0.15) is 0 Å². The standard InChI is InChI=1S/C12H14N4OS/c1-8(10-4-2-3-5-14-10)15-11(17)6-9-7-18-12(13)16-9/h2-5,7-8H,6H2,1H3,(H2,13,16)(H,15,17)/t8-/m1/s1. The Morgan fingerprint density at radius 2 is 2.39 bits per heavy atom. The number of pyridine rings is 1. The number of nitrogens with one attached hydrogen (secondary N) is 1. The maximum Gasteiger partial charge on any atom is 0.226 e. The normalized spacial score (nSPS) is 12.1. The molecule has 0 aromatic carbocycles. The van der Waals surface area contributed by atoms with Crippen LogP contribution in [0.4, 0.5) is 5.13 Å². The van der Waals surface area contributed by atoms with E-state index in [9.17, 15) is 4.79 Å². The van der Waals surface area contributed by atoms with E-state index in [0.717, 1.165) is 5.69 Å². The van der Waals surface area contributed by atoms with Crippen molar-refractivity contribution in [3.63, 3.8) is 0 Å². The van der Waals surface area contributed by atoms with Gasteiger partial charge in [0.25, 0.3) is 0 Å². The van der Waals surface area contributed by atoms with Crippen LogP contribution >= 0.6 is 11.3 Å². The van der Waals surface area contributed by atoms with Crippen LogP contribution in [0.2, 0.25) is 0 Å². The Kier molecular flexibility index (Phi) is 3.88. The van der Waals surface area contributed by atoms with Crippen molar-refractivity contribution in [2.24, 2.45) is 0 Å². The Balaban J connectivity index is 1.92. The van der Waals surface area contributed by atoms with Gasteiger partial charge in [0, 0.05) is 11.6 Å². The number of nitrogen functional groups attached to an aromatic ring is 1. The predicted octanol–water partition coefficient (Wildman–Crippen LogP) is 1.54. The molecule has 2 aromatic rings. The highest BCUT2D eigenvalue weighted by atomic mass is 32.1. The van der Waals surface area contributed by atoms with E-state index in [1.807, 2.05) is 25.1 Å². The summed E-state index contributed by atoms with van der Waals surface area (Å²) in [5.41, 5.74) is 7.05. The van der Waals surface area contributed by atoms with E-state index < -0.39 is 0 Å². The minimum Gasteiger partial charge on any atom is -0.375 e. The summed E-state index contributed by atoms with van der Waals surface area (Å²) in [5, 5.41) is 5.15. The third-order valence-electron chi connectivity index (χ3n) is 2.42. The number of rotatable bonds is 4. The van der Waals surface area contributed by atoms with Crippen LogP contribution in [-0.4, -0.2) is 15.9 Å². The van der Waals surface area contributed by atoms with Gasteiger partial charge in [-0.25, -0.2) is 4.98 Å². The van der Waals surface area contributed by atoms with Gasteiger partial charge in [0.05, 0.1) is 23.9 Å². The van der Waals surface area contributed by atoms with Crippen molar-refractivity contribution in [1.82, 2.24) is 15.3 Å². The number of aromatic nitrogens is 2. The van der Waals surface area contributed by atoms with Gasteiger partial charge in [-0.15, -0.1) is 11.3 Å². The average Bonchev–Trinajstić information content (AvgIpc) is 2.75. The molecule has 2 aromatic heterocycles. The third kappa shape index (κ3) is 3.27. The van der Waals surface area contributed by atoms with Crippen molar-refractivity contribution < 1.29 is 4.79 Å². The lowest BCUT2D eigenvalue weighted by atomic mass is 10.2. The molecule has 0 saturated heterocycles. The van der Waals surface area contributed by atoms with E-state index in [4.69, 9.17) is 5.73 Å². The van der Waals surface area contributed by atoms with Gasteiger partial charge in [0.2, 0.25) is 5.91 Å². The van der Waals surface area contributed by atoms with Crippen LogP contribution in [0.1, 0.15) is 24.4 Å². The van der Waals surface area contributed by atoms with Crippen LogP contribution in [0.3, 0.4) is 0 Å². The van der Waals surface area contributed by atoms with Gasteiger partial charge < -0.3 is 11.1 Å². The Morgan fingerprint density at radius 1 is 1.56 bits per heavy atom. The van der Waals surface area contributed by atoms with E-state index in [1.54, 1.807) is 11.6 Å². The van der Waals surface area contributed by atoms with Gasteiger partial charge in [-0.3, -0.25) is 9.78 Å². The Hall–Kier alpha value is -1.95. The Morgan fingerprint density at radius 3 is 3.00 bits per heavy atom. The first-order valence-corrected chi connectivity index (χ1v) is 6.43. The maximum atomic E-state index is 11.8. The molecule has 5 nitrogen and oxygen atoms in total. The summed E-state index contributed by atoms with van der Waals surface area (Å²) in [6.07, 6.45) is 1.95. The molecule has 1 atom stereocenters. The molecule has 2 rings (SSSR count). The van der Waals surface area contributed by atoms with Crippen LogP contribution in [0.25, 0.3) is 0 Å². The molecule has 0 spiro atoms. The molecule has 3 N–H and O–H groups in total. The number of anilines is 1. The number of carbonyl (C=O) groups excluding carboxylic acids is 1. The third-order valence-corrected chi connectivity index (χ3v) is 3.14. The Labute approximate surface area is 109 Å². The number of hydrogen-bond donors (Lipinski definition) is 2. The van der Waals surface area contributed by atoms with E-state index in [0.29, 0.717) is 10.8 Å². The number of amides is 1. The summed E-state index contributed by atoms with van der Waals surface area (Å²) < 4.78 is 0. The number of carbonyl (C=O) groups is 1. The summed E-state index contributed by atoms with van der Waals surface area (Å²) in [4.78, 5) is 20.0. The van der Waals surface area contributed by atoms with Gasteiger partial charge in [-0.1, -0.05) is 6.07 Å². The summed E-state index contributed by atoms with van der Waals surface area (Å²) in [5.74, 6) is -0.0848. The average molecular weight is 262 g/mol. The molecule has 2 heterocycles. The lowest BCUT2D eigenvalue weighted by Crippen LogP contribution is -2.28. The highest BCUT2D eigenvalue weighted by Gasteiger charge is 2.12. The van der Waals surface area contributed by atoms with Crippen molar-refractivity contribution in [1.29, 1.82) is 0 Å². The largest absolute Gasteiger partial charge is 0.375 e. The van der Waals surface area contributed by atoms with Gasteiger partial charge in [-0.05, 0) is 19.1 Å². The van der Waals surface area contributed by atoms with Gasteiger partial charge >= 0.3 is 0 Å². The van der Waals surface area contributed by atoms with Crippen molar-refractivity contribution in [3.8, 4) is 0 Å². The molecule has 94 valence electrons. The molecule has 0 aliphatic rings. The number of hydrogen-bond acceptors (Lipinski definition) is 5. The quantitative estimate of drug-likeness (QED) is 0.875. The molecular formula is C12H14N4OS. The molecular weight excluding hydrogens is 248 g/mol. The fourth-order valence-corrected chi connectivity index (χ4v) is 2.13. The molecule has 0 aliphatic carbocycles. The molecule has 0 unspecified atom stereocenters. The smallest absolute Gasteiger partial charge is 0.226 e. The Bertz CT molecular complexity index is 526. The lowest BCUT2D eigenvalue weighted by Gasteiger charge is -2.12. The van der Waals surface area contributed by atoms with Crippen molar-refractivity contribution in [2.75, 3.05) is 5.73 Å². The SMILES string of the molecule is C[C@@H](NC(=O)Cc1csc(N)n1)c1ccccn1. The second kappa shape index (κ2) is 5.59. The minimum absolute atomic E-state index is 0.0848. The summed E-state index contributed by atoms with van der Waals surface area (Å²) >= 11 is 1.34. The monoisotopic (exact) mass is 262 g/mol. The first kappa shape index (κ1) is 12.5. The van der Waals surface area contributed by atoms with Crippen LogP contribution in [-0.2, 0) is 11.2 Å². The fraction of sp³-hybridized carbons (Fsp3) is 0.250. The first-order chi connectivity index (χ1) is 8.65. The van der Waals surface area contributed by atoms with E-state index in [1.165, 1.54) is 11.3 Å². The lowest BCUT2D eigenvalue weighted by molar-refractivity contribution is -0.121. The molecule has 0 bridgehead atoms. The molecule has 0 radical (unpaired) electrons. The number of thiazole rings is 1. The zero-order valence-corrected chi connectivity index (χ0v) is 10.8. The second-order valence-corrected chi connectivity index (χ2v) is 4.79. The zero-order chi connectivity index (χ0) is 13.0. The van der Waals surface area contributed by atoms with E-state index >= 15 is 0 Å². The fourth-order valence-electron chi connectivity index (χ4n) is 1.57. The molecule has 6 heteroatoms. The van der Waals surface area contributed by atoms with E-state index in [-0.39, 0.29) is 18.4 Å².